The molecule has 1 rings (SSSR count). The summed E-state index contributed by atoms with van der Waals surface area (Å²) in [4.78, 5) is 21.2. The molecule has 0 spiro atoms. The summed E-state index contributed by atoms with van der Waals surface area (Å²) in [5.41, 5.74) is 5.17. The molecule has 0 aliphatic carbocycles. The minimum atomic E-state index is -0.646. The van der Waals surface area contributed by atoms with E-state index in [9.17, 15) is 14.9 Å². The molecule has 2 N–H and O–H groups in total. The van der Waals surface area contributed by atoms with Crippen LogP contribution in [0.15, 0.2) is 12.1 Å². The molecule has 0 bridgehead atoms. The SMILES string of the molecule is COc1ccc([N+](=O)[O-])c(C(C)=O)c1N. The van der Waals surface area contributed by atoms with Crippen LogP contribution in [-0.2, 0) is 0 Å². The number of nitro benzene ring substituents is 1. The number of nitro groups is 1. The molecule has 0 amide bonds. The van der Waals surface area contributed by atoms with Gasteiger partial charge in [0.1, 0.15) is 11.3 Å². The number of hydrogen-bond donors (Lipinski definition) is 1. The molecule has 6 heteroatoms. The van der Waals surface area contributed by atoms with Gasteiger partial charge in [0.05, 0.1) is 17.7 Å². The van der Waals surface area contributed by atoms with Crippen molar-refractivity contribution in [3.63, 3.8) is 0 Å². The van der Waals surface area contributed by atoms with Crippen molar-refractivity contribution in [2.24, 2.45) is 0 Å². The minimum Gasteiger partial charge on any atom is -0.495 e. The van der Waals surface area contributed by atoms with Crippen LogP contribution in [0.25, 0.3) is 0 Å². The minimum absolute atomic E-state index is 0.000741. The van der Waals surface area contributed by atoms with Gasteiger partial charge in [-0.2, -0.15) is 0 Å². The molecule has 0 saturated heterocycles. The van der Waals surface area contributed by atoms with Crippen molar-refractivity contribution in [3.05, 3.63) is 27.8 Å². The topological polar surface area (TPSA) is 95.5 Å². The van der Waals surface area contributed by atoms with E-state index in [1.54, 1.807) is 0 Å². The van der Waals surface area contributed by atoms with E-state index in [1.807, 2.05) is 0 Å². The number of benzene rings is 1. The Labute approximate surface area is 85.8 Å². The number of nitrogens with zero attached hydrogens (tertiary/aromatic N) is 1. The smallest absolute Gasteiger partial charge is 0.282 e. The van der Waals surface area contributed by atoms with Crippen LogP contribution in [0.2, 0.25) is 0 Å². The van der Waals surface area contributed by atoms with Crippen LogP contribution in [0.5, 0.6) is 5.75 Å². The number of methoxy groups -OCH3 is 1. The predicted molar refractivity (Wildman–Crippen MR) is 54.1 cm³/mol. The molecular weight excluding hydrogens is 200 g/mol. The molecule has 0 saturated carbocycles. The van der Waals surface area contributed by atoms with Gasteiger partial charge in [-0.15, -0.1) is 0 Å². The molecule has 0 aromatic heterocycles. The van der Waals surface area contributed by atoms with Gasteiger partial charge in [0.2, 0.25) is 0 Å². The van der Waals surface area contributed by atoms with Crippen LogP contribution in [0, 0.1) is 10.1 Å². The predicted octanol–water partition coefficient (Wildman–Crippen LogP) is 1.39. The lowest BCUT2D eigenvalue weighted by Crippen LogP contribution is -2.06. The summed E-state index contributed by atoms with van der Waals surface area (Å²) in [7, 11) is 1.38. The number of nitrogens with two attached hydrogens (primary N) is 1. The van der Waals surface area contributed by atoms with Gasteiger partial charge in [0.15, 0.2) is 5.78 Å². The molecule has 80 valence electrons. The third kappa shape index (κ3) is 1.88. The molecule has 1 aromatic carbocycles. The first-order chi connectivity index (χ1) is 6.99. The van der Waals surface area contributed by atoms with Crippen molar-refractivity contribution in [1.29, 1.82) is 0 Å². The van der Waals surface area contributed by atoms with E-state index >= 15 is 0 Å². The second-order valence-electron chi connectivity index (χ2n) is 2.89. The molecule has 1 aromatic rings. The summed E-state index contributed by atoms with van der Waals surface area (Å²) in [5.74, 6) is -0.205. The number of Topliss-reactive ketones (excluding diaryl/α,β-unsaturated/α-hetero) is 1. The number of carbonyl (C=O) groups excluding carboxylic acids is 1. The third-order valence-electron chi connectivity index (χ3n) is 1.95. The normalized spacial score (nSPS) is 9.73. The Bertz CT molecular complexity index is 428. The van der Waals surface area contributed by atoms with Gasteiger partial charge in [-0.3, -0.25) is 14.9 Å². The maximum atomic E-state index is 11.2. The third-order valence-corrected chi connectivity index (χ3v) is 1.95. The van der Waals surface area contributed by atoms with Crippen molar-refractivity contribution < 1.29 is 14.5 Å². The van der Waals surface area contributed by atoms with Crippen molar-refractivity contribution in [3.8, 4) is 5.75 Å². The second-order valence-corrected chi connectivity index (χ2v) is 2.89. The highest BCUT2D eigenvalue weighted by Gasteiger charge is 2.22. The summed E-state index contributed by atoms with van der Waals surface area (Å²) >= 11 is 0. The van der Waals surface area contributed by atoms with E-state index in [2.05, 4.69) is 0 Å². The summed E-state index contributed by atoms with van der Waals surface area (Å²) < 4.78 is 4.87. The maximum Gasteiger partial charge on any atom is 0.282 e. The maximum absolute atomic E-state index is 11.2. The lowest BCUT2D eigenvalue weighted by atomic mass is 10.1. The highest BCUT2D eigenvalue weighted by Crippen LogP contribution is 2.32. The number of rotatable bonds is 3. The molecule has 0 fully saturated rings. The van der Waals surface area contributed by atoms with Gasteiger partial charge >= 0.3 is 0 Å². The van der Waals surface area contributed by atoms with Gasteiger partial charge in [0.25, 0.3) is 5.69 Å². The number of ether oxygens (including phenoxy) is 1. The van der Waals surface area contributed by atoms with E-state index in [0.29, 0.717) is 0 Å². The Hall–Kier alpha value is -2.11. The highest BCUT2D eigenvalue weighted by atomic mass is 16.6. The van der Waals surface area contributed by atoms with E-state index in [1.165, 1.54) is 26.2 Å². The highest BCUT2D eigenvalue weighted by molar-refractivity contribution is 6.04. The number of carbonyl (C=O) groups is 1. The summed E-state index contributed by atoms with van der Waals surface area (Å²) in [5, 5.41) is 10.6. The largest absolute Gasteiger partial charge is 0.495 e. The molecule has 0 unspecified atom stereocenters. The van der Waals surface area contributed by atoms with Crippen molar-refractivity contribution in [1.82, 2.24) is 0 Å². The molecule has 6 nitrogen and oxygen atoms in total. The monoisotopic (exact) mass is 210 g/mol. The van der Waals surface area contributed by atoms with Crippen molar-refractivity contribution in [2.45, 2.75) is 6.92 Å². The zero-order valence-electron chi connectivity index (χ0n) is 8.31. The molecule has 0 radical (unpaired) electrons. The zero-order chi connectivity index (χ0) is 11.6. The summed E-state index contributed by atoms with van der Waals surface area (Å²) in [6.45, 7) is 1.22. The van der Waals surface area contributed by atoms with Crippen LogP contribution in [-0.4, -0.2) is 17.8 Å². The number of hydrogen-bond acceptors (Lipinski definition) is 5. The Morgan fingerprint density at radius 3 is 2.53 bits per heavy atom. The molecule has 0 atom stereocenters. The van der Waals surface area contributed by atoms with Crippen LogP contribution in [0.3, 0.4) is 0 Å². The lowest BCUT2D eigenvalue weighted by molar-refractivity contribution is -0.385. The fourth-order valence-electron chi connectivity index (χ4n) is 1.29. The number of ketones is 1. The van der Waals surface area contributed by atoms with Gasteiger partial charge in [-0.1, -0.05) is 0 Å². The van der Waals surface area contributed by atoms with E-state index < -0.39 is 10.7 Å². The average molecular weight is 210 g/mol. The van der Waals surface area contributed by atoms with Crippen molar-refractivity contribution in [2.75, 3.05) is 12.8 Å². The van der Waals surface area contributed by atoms with Crippen LogP contribution in [0.1, 0.15) is 17.3 Å². The van der Waals surface area contributed by atoms with Crippen LogP contribution >= 0.6 is 0 Å². The van der Waals surface area contributed by atoms with Gasteiger partial charge in [-0.25, -0.2) is 0 Å². The first-order valence-electron chi connectivity index (χ1n) is 4.10. The summed E-state index contributed by atoms with van der Waals surface area (Å²) in [6, 6.07) is 2.56. The van der Waals surface area contributed by atoms with Crippen molar-refractivity contribution >= 4 is 17.2 Å². The fraction of sp³-hybridized carbons (Fsp3) is 0.222. The zero-order valence-corrected chi connectivity index (χ0v) is 8.31. The molecule has 0 heterocycles. The quantitative estimate of drug-likeness (QED) is 0.352. The number of nitrogen functional groups attached to an aromatic ring is 1. The first-order valence-corrected chi connectivity index (χ1v) is 4.10. The van der Waals surface area contributed by atoms with E-state index in [0.717, 1.165) is 0 Å². The average Bonchev–Trinajstić information content (AvgIpc) is 2.16. The standard InChI is InChI=1S/C9H10N2O4/c1-5(12)8-6(11(13)14)3-4-7(15-2)9(8)10/h3-4H,10H2,1-2H3. The van der Waals surface area contributed by atoms with E-state index in [-0.39, 0.29) is 22.7 Å². The number of anilines is 1. The van der Waals surface area contributed by atoms with Crippen LogP contribution < -0.4 is 10.5 Å². The molecule has 15 heavy (non-hydrogen) atoms. The van der Waals surface area contributed by atoms with Gasteiger partial charge in [0, 0.05) is 6.07 Å². The fourth-order valence-corrected chi connectivity index (χ4v) is 1.29. The lowest BCUT2D eigenvalue weighted by Gasteiger charge is -2.07. The van der Waals surface area contributed by atoms with E-state index in [4.69, 9.17) is 10.5 Å². The Balaban J connectivity index is 3.51. The molecular formula is C9H10N2O4. The van der Waals surface area contributed by atoms with Gasteiger partial charge < -0.3 is 10.5 Å². The Morgan fingerprint density at radius 2 is 2.13 bits per heavy atom. The molecule has 0 aliphatic rings. The summed E-state index contributed by atoms with van der Waals surface area (Å²) in [6.07, 6.45) is 0. The van der Waals surface area contributed by atoms with Gasteiger partial charge in [-0.05, 0) is 13.0 Å². The second kappa shape index (κ2) is 3.95. The van der Waals surface area contributed by atoms with Crippen LogP contribution in [0.4, 0.5) is 11.4 Å². The molecule has 0 aliphatic heterocycles. The first kappa shape index (κ1) is 11.0. The Morgan fingerprint density at radius 1 is 1.53 bits per heavy atom. The Kier molecular flexibility index (Phi) is 2.89.